The number of hydrogen-bond donors (Lipinski definition) is 1. The number of nitro benzene ring substituents is 1. The number of nitrogens with one attached hydrogen (secondary N) is 1. The van der Waals surface area contributed by atoms with Crippen LogP contribution in [0.3, 0.4) is 0 Å². The summed E-state index contributed by atoms with van der Waals surface area (Å²) in [5.41, 5.74) is 0.296. The monoisotopic (exact) mass is 285 g/mol. The summed E-state index contributed by atoms with van der Waals surface area (Å²) in [7, 11) is -3.56. The Balaban J connectivity index is 2.37. The molecule has 0 atom stereocenters. The van der Waals surface area contributed by atoms with E-state index in [0.717, 1.165) is 0 Å². The molecule has 1 aliphatic rings. The molecular weight excluding hydrogens is 270 g/mol. The number of rotatable bonds is 3. The van der Waals surface area contributed by atoms with Gasteiger partial charge in [0, 0.05) is 38.3 Å². The number of aryl methyl sites for hydroxylation is 1. The van der Waals surface area contributed by atoms with Gasteiger partial charge in [-0.15, -0.1) is 0 Å². The number of nitro groups is 1. The predicted molar refractivity (Wildman–Crippen MR) is 69.5 cm³/mol. The second-order valence-corrected chi connectivity index (χ2v) is 6.27. The molecule has 1 N–H and O–H groups in total. The van der Waals surface area contributed by atoms with Gasteiger partial charge in [-0.1, -0.05) is 0 Å². The first-order valence-electron chi connectivity index (χ1n) is 5.89. The molecule has 1 saturated heterocycles. The van der Waals surface area contributed by atoms with Crippen LogP contribution in [-0.2, 0) is 10.0 Å². The molecule has 0 unspecified atom stereocenters. The zero-order chi connectivity index (χ0) is 14.0. The SMILES string of the molecule is Cc1cc([N+](=O)[O-])ccc1S(=O)(=O)N1CCNCC1. The predicted octanol–water partition coefficient (Wildman–Crippen LogP) is 0.497. The van der Waals surface area contributed by atoms with E-state index in [4.69, 9.17) is 0 Å². The molecule has 1 heterocycles. The smallest absolute Gasteiger partial charge is 0.269 e. The summed E-state index contributed by atoms with van der Waals surface area (Å²) in [5.74, 6) is 0. The van der Waals surface area contributed by atoms with Crippen molar-refractivity contribution in [1.29, 1.82) is 0 Å². The van der Waals surface area contributed by atoms with E-state index in [1.54, 1.807) is 6.92 Å². The van der Waals surface area contributed by atoms with Gasteiger partial charge in [-0.05, 0) is 18.6 Å². The maximum absolute atomic E-state index is 12.4. The fraction of sp³-hybridized carbons (Fsp3) is 0.455. The van der Waals surface area contributed by atoms with Crippen LogP contribution < -0.4 is 5.32 Å². The van der Waals surface area contributed by atoms with Gasteiger partial charge in [0.05, 0.1) is 9.82 Å². The third-order valence-electron chi connectivity index (χ3n) is 3.06. The number of non-ortho nitro benzene ring substituents is 1. The average molecular weight is 285 g/mol. The van der Waals surface area contributed by atoms with E-state index in [-0.39, 0.29) is 10.6 Å². The van der Waals surface area contributed by atoms with Gasteiger partial charge < -0.3 is 5.32 Å². The standard InChI is InChI=1S/C11H15N3O4S/c1-9-8-10(14(15)16)2-3-11(9)19(17,18)13-6-4-12-5-7-13/h2-3,8,12H,4-7H2,1H3. The van der Waals surface area contributed by atoms with Crippen LogP contribution in [0.25, 0.3) is 0 Å². The Hall–Kier alpha value is -1.51. The Labute approximate surface area is 111 Å². The Kier molecular flexibility index (Phi) is 3.83. The van der Waals surface area contributed by atoms with E-state index in [9.17, 15) is 18.5 Å². The molecule has 1 aliphatic heterocycles. The fourth-order valence-electron chi connectivity index (χ4n) is 2.06. The second kappa shape index (κ2) is 5.24. The molecule has 0 saturated carbocycles. The van der Waals surface area contributed by atoms with Crippen molar-refractivity contribution in [1.82, 2.24) is 9.62 Å². The fourth-order valence-corrected chi connectivity index (χ4v) is 3.71. The molecule has 0 spiro atoms. The molecule has 0 aliphatic carbocycles. The van der Waals surface area contributed by atoms with Crippen molar-refractivity contribution in [3.63, 3.8) is 0 Å². The maximum Gasteiger partial charge on any atom is 0.269 e. The molecule has 1 aromatic rings. The first-order chi connectivity index (χ1) is 8.93. The van der Waals surface area contributed by atoms with Crippen molar-refractivity contribution in [3.05, 3.63) is 33.9 Å². The lowest BCUT2D eigenvalue weighted by molar-refractivity contribution is -0.385. The van der Waals surface area contributed by atoms with Gasteiger partial charge in [0.15, 0.2) is 0 Å². The molecule has 0 radical (unpaired) electrons. The lowest BCUT2D eigenvalue weighted by Crippen LogP contribution is -2.46. The topological polar surface area (TPSA) is 92.5 Å². The van der Waals surface area contributed by atoms with Crippen molar-refractivity contribution in [2.24, 2.45) is 0 Å². The minimum atomic E-state index is -3.56. The van der Waals surface area contributed by atoms with Crippen molar-refractivity contribution in [3.8, 4) is 0 Å². The number of sulfonamides is 1. The van der Waals surface area contributed by atoms with E-state index < -0.39 is 14.9 Å². The largest absolute Gasteiger partial charge is 0.314 e. The zero-order valence-corrected chi connectivity index (χ0v) is 11.3. The normalized spacial score (nSPS) is 17.3. The molecule has 1 fully saturated rings. The van der Waals surface area contributed by atoms with Crippen LogP contribution in [0.4, 0.5) is 5.69 Å². The Morgan fingerprint density at radius 3 is 2.47 bits per heavy atom. The Morgan fingerprint density at radius 1 is 1.32 bits per heavy atom. The second-order valence-electron chi connectivity index (χ2n) is 4.36. The summed E-state index contributed by atoms with van der Waals surface area (Å²) in [6.07, 6.45) is 0. The van der Waals surface area contributed by atoms with Gasteiger partial charge in [-0.3, -0.25) is 10.1 Å². The van der Waals surface area contributed by atoms with Crippen LogP contribution in [-0.4, -0.2) is 43.8 Å². The van der Waals surface area contributed by atoms with E-state index in [0.29, 0.717) is 31.7 Å². The first kappa shape index (κ1) is 13.9. The summed E-state index contributed by atoms with van der Waals surface area (Å²) >= 11 is 0. The lowest BCUT2D eigenvalue weighted by atomic mass is 10.2. The van der Waals surface area contributed by atoms with Crippen LogP contribution >= 0.6 is 0 Å². The summed E-state index contributed by atoms with van der Waals surface area (Å²) in [6.45, 7) is 3.64. The van der Waals surface area contributed by atoms with E-state index >= 15 is 0 Å². The van der Waals surface area contributed by atoms with Gasteiger partial charge in [0.25, 0.3) is 5.69 Å². The minimum absolute atomic E-state index is 0.100. The van der Waals surface area contributed by atoms with Crippen molar-refractivity contribution in [2.75, 3.05) is 26.2 Å². The highest BCUT2D eigenvalue weighted by molar-refractivity contribution is 7.89. The van der Waals surface area contributed by atoms with Crippen LogP contribution in [0.15, 0.2) is 23.1 Å². The molecule has 1 aromatic carbocycles. The lowest BCUT2D eigenvalue weighted by Gasteiger charge is -2.27. The van der Waals surface area contributed by atoms with Gasteiger partial charge in [0.2, 0.25) is 10.0 Å². The third-order valence-corrected chi connectivity index (χ3v) is 5.12. The Bertz CT molecular complexity index is 594. The van der Waals surface area contributed by atoms with Crippen LogP contribution in [0, 0.1) is 17.0 Å². The summed E-state index contributed by atoms with van der Waals surface area (Å²) in [6, 6.07) is 3.82. The molecule has 0 aromatic heterocycles. The van der Waals surface area contributed by atoms with Gasteiger partial charge >= 0.3 is 0 Å². The highest BCUT2D eigenvalue weighted by atomic mass is 32.2. The molecule has 2 rings (SSSR count). The van der Waals surface area contributed by atoms with E-state index in [1.165, 1.54) is 22.5 Å². The highest BCUT2D eigenvalue weighted by Crippen LogP contribution is 2.24. The van der Waals surface area contributed by atoms with E-state index in [2.05, 4.69) is 5.32 Å². The Morgan fingerprint density at radius 2 is 1.95 bits per heavy atom. The molecule has 0 amide bonds. The number of benzene rings is 1. The summed E-state index contributed by atoms with van der Waals surface area (Å²) in [4.78, 5) is 10.3. The molecule has 0 bridgehead atoms. The van der Waals surface area contributed by atoms with Crippen LogP contribution in [0.1, 0.15) is 5.56 Å². The third kappa shape index (κ3) is 2.75. The first-order valence-corrected chi connectivity index (χ1v) is 7.33. The van der Waals surface area contributed by atoms with Gasteiger partial charge in [-0.2, -0.15) is 4.31 Å². The molecular formula is C11H15N3O4S. The van der Waals surface area contributed by atoms with Crippen LogP contribution in [0.2, 0.25) is 0 Å². The van der Waals surface area contributed by atoms with E-state index in [1.807, 2.05) is 0 Å². The van der Waals surface area contributed by atoms with Crippen molar-refractivity contribution < 1.29 is 13.3 Å². The number of hydrogen-bond acceptors (Lipinski definition) is 5. The number of nitrogens with zero attached hydrogens (tertiary/aromatic N) is 2. The molecule has 19 heavy (non-hydrogen) atoms. The quantitative estimate of drug-likeness (QED) is 0.644. The van der Waals surface area contributed by atoms with Crippen molar-refractivity contribution in [2.45, 2.75) is 11.8 Å². The molecule has 104 valence electrons. The van der Waals surface area contributed by atoms with Crippen molar-refractivity contribution >= 4 is 15.7 Å². The highest BCUT2D eigenvalue weighted by Gasteiger charge is 2.27. The van der Waals surface area contributed by atoms with Gasteiger partial charge in [0.1, 0.15) is 0 Å². The summed E-state index contributed by atoms with van der Waals surface area (Å²) in [5, 5.41) is 13.7. The molecule has 7 nitrogen and oxygen atoms in total. The summed E-state index contributed by atoms with van der Waals surface area (Å²) < 4.78 is 26.2. The molecule has 8 heteroatoms. The average Bonchev–Trinajstić information content (AvgIpc) is 2.39. The minimum Gasteiger partial charge on any atom is -0.314 e. The van der Waals surface area contributed by atoms with Gasteiger partial charge in [-0.25, -0.2) is 8.42 Å². The maximum atomic E-state index is 12.4. The zero-order valence-electron chi connectivity index (χ0n) is 10.5. The van der Waals surface area contributed by atoms with Crippen LogP contribution in [0.5, 0.6) is 0 Å². The number of piperazine rings is 1.